The van der Waals surface area contributed by atoms with E-state index in [4.69, 9.17) is 5.73 Å². The van der Waals surface area contributed by atoms with Crippen molar-refractivity contribution in [2.45, 2.75) is 58.0 Å². The highest BCUT2D eigenvalue weighted by molar-refractivity contribution is 4.87. The zero-order valence-electron chi connectivity index (χ0n) is 9.97. The van der Waals surface area contributed by atoms with E-state index < -0.39 is 0 Å². The number of nitrogens with two attached hydrogens (primary N) is 1. The maximum atomic E-state index is 5.80. The van der Waals surface area contributed by atoms with Gasteiger partial charge in [-0.2, -0.15) is 0 Å². The van der Waals surface area contributed by atoms with Gasteiger partial charge in [-0.25, -0.2) is 4.68 Å². The molecule has 1 aromatic heterocycles. The number of nitrogens with zero attached hydrogens (tertiary/aromatic N) is 4. The van der Waals surface area contributed by atoms with Gasteiger partial charge in [-0.3, -0.25) is 0 Å². The Balaban J connectivity index is 1.86. The van der Waals surface area contributed by atoms with Crippen LogP contribution in [0, 0.1) is 5.92 Å². The molecule has 2 N–H and O–H groups in total. The molecule has 1 fully saturated rings. The summed E-state index contributed by atoms with van der Waals surface area (Å²) in [7, 11) is 0. The predicted octanol–water partition coefficient (Wildman–Crippen LogP) is 1.66. The van der Waals surface area contributed by atoms with Crippen LogP contribution in [0.2, 0.25) is 0 Å². The Morgan fingerprint density at radius 3 is 2.81 bits per heavy atom. The van der Waals surface area contributed by atoms with Crippen LogP contribution in [-0.2, 0) is 6.54 Å². The first-order valence-electron chi connectivity index (χ1n) is 6.29. The lowest BCUT2D eigenvalue weighted by molar-refractivity contribution is 0.314. The van der Waals surface area contributed by atoms with Gasteiger partial charge in [0.1, 0.15) is 0 Å². The van der Waals surface area contributed by atoms with E-state index in [2.05, 4.69) is 15.5 Å². The van der Waals surface area contributed by atoms with Crippen molar-refractivity contribution in [1.29, 1.82) is 0 Å². The van der Waals surface area contributed by atoms with E-state index in [1.807, 2.05) is 11.6 Å². The quantitative estimate of drug-likeness (QED) is 0.842. The molecule has 0 bridgehead atoms. The molecule has 1 aliphatic rings. The fourth-order valence-electron chi connectivity index (χ4n) is 2.48. The summed E-state index contributed by atoms with van der Waals surface area (Å²) in [6, 6.07) is -0.0821. The summed E-state index contributed by atoms with van der Waals surface area (Å²) in [4.78, 5) is 0. The molecule has 0 aromatic carbocycles. The van der Waals surface area contributed by atoms with Crippen molar-refractivity contribution >= 4 is 0 Å². The number of hydrogen-bond acceptors (Lipinski definition) is 4. The minimum Gasteiger partial charge on any atom is -0.322 e. The van der Waals surface area contributed by atoms with E-state index in [0.717, 1.165) is 18.3 Å². The summed E-state index contributed by atoms with van der Waals surface area (Å²) in [5.41, 5.74) is 5.80. The van der Waals surface area contributed by atoms with E-state index in [1.165, 1.54) is 38.5 Å². The molecule has 2 rings (SSSR count). The zero-order chi connectivity index (χ0) is 11.4. The first kappa shape index (κ1) is 11.5. The van der Waals surface area contributed by atoms with Gasteiger partial charge >= 0.3 is 0 Å². The lowest BCUT2D eigenvalue weighted by Crippen LogP contribution is -2.17. The van der Waals surface area contributed by atoms with Gasteiger partial charge in [0, 0.05) is 6.54 Å². The van der Waals surface area contributed by atoms with Crippen LogP contribution in [0.3, 0.4) is 0 Å². The molecule has 16 heavy (non-hydrogen) atoms. The van der Waals surface area contributed by atoms with Gasteiger partial charge in [0.15, 0.2) is 5.82 Å². The molecule has 1 atom stereocenters. The van der Waals surface area contributed by atoms with Crippen molar-refractivity contribution in [1.82, 2.24) is 20.2 Å². The summed E-state index contributed by atoms with van der Waals surface area (Å²) in [6.45, 7) is 2.83. The van der Waals surface area contributed by atoms with E-state index in [0.29, 0.717) is 0 Å². The summed E-state index contributed by atoms with van der Waals surface area (Å²) >= 11 is 0. The molecule has 0 amide bonds. The average Bonchev–Trinajstić information content (AvgIpc) is 2.76. The smallest absolute Gasteiger partial charge is 0.167 e. The predicted molar refractivity (Wildman–Crippen MR) is 61.6 cm³/mol. The average molecular weight is 223 g/mol. The Bertz CT molecular complexity index is 314. The van der Waals surface area contributed by atoms with Gasteiger partial charge in [-0.05, 0) is 29.7 Å². The maximum Gasteiger partial charge on any atom is 0.167 e. The van der Waals surface area contributed by atoms with E-state index in [1.54, 1.807) is 0 Å². The SMILES string of the molecule is CC(N)c1nnnn1CCC1CCCCC1. The summed E-state index contributed by atoms with van der Waals surface area (Å²) in [5.74, 6) is 1.66. The Morgan fingerprint density at radius 1 is 1.38 bits per heavy atom. The van der Waals surface area contributed by atoms with Crippen molar-refractivity contribution in [2.24, 2.45) is 11.7 Å². The number of aryl methyl sites for hydroxylation is 1. The molecule has 0 radical (unpaired) electrons. The second-order valence-corrected chi connectivity index (χ2v) is 4.84. The topological polar surface area (TPSA) is 69.6 Å². The third-order valence-electron chi connectivity index (χ3n) is 3.44. The molecule has 1 saturated carbocycles. The molecule has 5 heteroatoms. The normalized spacial score (nSPS) is 19.9. The van der Waals surface area contributed by atoms with E-state index in [9.17, 15) is 0 Å². The van der Waals surface area contributed by atoms with Crippen LogP contribution < -0.4 is 5.73 Å². The molecule has 1 heterocycles. The molecule has 0 saturated heterocycles. The molecule has 1 aliphatic carbocycles. The lowest BCUT2D eigenvalue weighted by Gasteiger charge is -2.21. The highest BCUT2D eigenvalue weighted by atomic mass is 15.5. The molecule has 5 nitrogen and oxygen atoms in total. The number of hydrogen-bond donors (Lipinski definition) is 1. The van der Waals surface area contributed by atoms with Crippen LogP contribution in [0.4, 0.5) is 0 Å². The minimum atomic E-state index is -0.0821. The minimum absolute atomic E-state index is 0.0821. The van der Waals surface area contributed by atoms with Gasteiger partial charge in [0.2, 0.25) is 0 Å². The zero-order valence-corrected chi connectivity index (χ0v) is 9.97. The first-order chi connectivity index (χ1) is 7.77. The summed E-state index contributed by atoms with van der Waals surface area (Å²) < 4.78 is 1.86. The van der Waals surface area contributed by atoms with Crippen molar-refractivity contribution in [3.63, 3.8) is 0 Å². The highest BCUT2D eigenvalue weighted by Gasteiger charge is 2.15. The maximum absolute atomic E-state index is 5.80. The Labute approximate surface area is 96.4 Å². The van der Waals surface area contributed by atoms with Crippen LogP contribution in [0.5, 0.6) is 0 Å². The third-order valence-corrected chi connectivity index (χ3v) is 3.44. The number of rotatable bonds is 4. The Hall–Kier alpha value is -0.970. The van der Waals surface area contributed by atoms with Crippen molar-refractivity contribution < 1.29 is 0 Å². The van der Waals surface area contributed by atoms with Crippen molar-refractivity contribution in [2.75, 3.05) is 0 Å². The second kappa shape index (κ2) is 5.39. The van der Waals surface area contributed by atoms with Crippen molar-refractivity contribution in [3.05, 3.63) is 5.82 Å². The summed E-state index contributed by atoms with van der Waals surface area (Å²) in [5, 5.41) is 11.6. The number of aromatic nitrogens is 4. The standard InChI is InChI=1S/C11H21N5/c1-9(12)11-13-14-15-16(11)8-7-10-5-3-2-4-6-10/h9-10H,2-8,12H2,1H3. The van der Waals surface area contributed by atoms with Crippen LogP contribution in [0.15, 0.2) is 0 Å². The Morgan fingerprint density at radius 2 is 2.12 bits per heavy atom. The third kappa shape index (κ3) is 2.78. The van der Waals surface area contributed by atoms with Crippen LogP contribution >= 0.6 is 0 Å². The van der Waals surface area contributed by atoms with Gasteiger partial charge in [-0.15, -0.1) is 5.10 Å². The van der Waals surface area contributed by atoms with Gasteiger partial charge in [0.25, 0.3) is 0 Å². The lowest BCUT2D eigenvalue weighted by atomic mass is 9.87. The molecular formula is C11H21N5. The highest BCUT2D eigenvalue weighted by Crippen LogP contribution is 2.26. The largest absolute Gasteiger partial charge is 0.322 e. The molecule has 0 aliphatic heterocycles. The van der Waals surface area contributed by atoms with Gasteiger partial charge in [-0.1, -0.05) is 32.1 Å². The van der Waals surface area contributed by atoms with Crippen LogP contribution in [-0.4, -0.2) is 20.2 Å². The molecule has 0 spiro atoms. The second-order valence-electron chi connectivity index (χ2n) is 4.84. The molecule has 1 unspecified atom stereocenters. The van der Waals surface area contributed by atoms with E-state index >= 15 is 0 Å². The first-order valence-corrected chi connectivity index (χ1v) is 6.29. The van der Waals surface area contributed by atoms with Crippen LogP contribution in [0.1, 0.15) is 57.3 Å². The fourth-order valence-corrected chi connectivity index (χ4v) is 2.48. The van der Waals surface area contributed by atoms with Gasteiger partial charge < -0.3 is 5.73 Å². The van der Waals surface area contributed by atoms with Crippen LogP contribution in [0.25, 0.3) is 0 Å². The monoisotopic (exact) mass is 223 g/mol. The van der Waals surface area contributed by atoms with Gasteiger partial charge in [0.05, 0.1) is 6.04 Å². The molecular weight excluding hydrogens is 202 g/mol. The fraction of sp³-hybridized carbons (Fsp3) is 0.909. The van der Waals surface area contributed by atoms with Crippen molar-refractivity contribution in [3.8, 4) is 0 Å². The summed E-state index contributed by atoms with van der Waals surface area (Å²) in [6.07, 6.45) is 8.11. The Kier molecular flexibility index (Phi) is 3.88. The molecule has 1 aromatic rings. The molecule has 90 valence electrons. The van der Waals surface area contributed by atoms with E-state index in [-0.39, 0.29) is 6.04 Å². The number of tetrazole rings is 1.